The second kappa shape index (κ2) is 7.52. The Bertz CT molecular complexity index is 1070. The van der Waals surface area contributed by atoms with Crippen LogP contribution < -0.4 is 9.47 Å². The lowest BCUT2D eigenvalue weighted by molar-refractivity contribution is -0.137. The lowest BCUT2D eigenvalue weighted by Crippen LogP contribution is -2.13. The largest absolute Gasteiger partial charge is 0.497 e. The van der Waals surface area contributed by atoms with E-state index in [0.717, 1.165) is 23.3 Å². The summed E-state index contributed by atoms with van der Waals surface area (Å²) in [4.78, 5) is 13.3. The summed E-state index contributed by atoms with van der Waals surface area (Å²) in [6.07, 6.45) is -4.42. The van der Waals surface area contributed by atoms with Crippen LogP contribution in [0.3, 0.4) is 0 Å². The van der Waals surface area contributed by atoms with Crippen LogP contribution in [0.15, 0.2) is 66.7 Å². The molecule has 0 amide bonds. The molecular weight excluding hydrogens is 393 g/mol. The summed E-state index contributed by atoms with van der Waals surface area (Å²) in [7, 11) is 3.09. The summed E-state index contributed by atoms with van der Waals surface area (Å²) in [5, 5.41) is 0. The Kier molecular flexibility index (Phi) is 5.02. The molecule has 0 saturated carbocycles. The van der Waals surface area contributed by atoms with Crippen molar-refractivity contribution < 1.29 is 27.4 Å². The molecule has 1 aliphatic rings. The molecule has 0 heterocycles. The summed E-state index contributed by atoms with van der Waals surface area (Å²) in [5.74, 6) is 0.221. The zero-order valence-electron chi connectivity index (χ0n) is 16.4. The van der Waals surface area contributed by atoms with Gasteiger partial charge in [0.1, 0.15) is 11.5 Å². The van der Waals surface area contributed by atoms with Crippen LogP contribution in [0.2, 0.25) is 0 Å². The first-order valence-electron chi connectivity index (χ1n) is 9.36. The smallest absolute Gasteiger partial charge is 0.416 e. The van der Waals surface area contributed by atoms with Crippen molar-refractivity contribution >= 4 is 5.78 Å². The first-order valence-corrected chi connectivity index (χ1v) is 9.36. The first kappa shape index (κ1) is 20.0. The number of rotatable bonds is 4. The Hall–Kier alpha value is -3.28. The number of Topliss-reactive ketones (excluding diaryl/α,β-unsaturated/α-hetero) is 1. The number of ether oxygens (including phenoxy) is 2. The lowest BCUT2D eigenvalue weighted by atomic mass is 9.81. The second-order valence-electron chi connectivity index (χ2n) is 7.17. The first-order chi connectivity index (χ1) is 14.3. The van der Waals surface area contributed by atoms with Gasteiger partial charge in [-0.05, 0) is 59.2 Å². The maximum absolute atomic E-state index is 13.3. The van der Waals surface area contributed by atoms with Crippen molar-refractivity contribution in [3.8, 4) is 11.5 Å². The third-order valence-corrected chi connectivity index (χ3v) is 5.55. The highest BCUT2D eigenvalue weighted by molar-refractivity contribution is 6.07. The van der Waals surface area contributed by atoms with Crippen LogP contribution in [-0.4, -0.2) is 20.0 Å². The van der Waals surface area contributed by atoms with Gasteiger partial charge < -0.3 is 9.47 Å². The van der Waals surface area contributed by atoms with Gasteiger partial charge >= 0.3 is 6.18 Å². The average Bonchev–Trinajstić information content (AvgIpc) is 3.05. The van der Waals surface area contributed by atoms with Crippen LogP contribution in [0.25, 0.3) is 0 Å². The Morgan fingerprint density at radius 3 is 1.83 bits per heavy atom. The van der Waals surface area contributed by atoms with E-state index in [9.17, 15) is 18.0 Å². The van der Waals surface area contributed by atoms with Gasteiger partial charge in [0, 0.05) is 11.5 Å². The summed E-state index contributed by atoms with van der Waals surface area (Å²) >= 11 is 0. The highest BCUT2D eigenvalue weighted by atomic mass is 19.4. The molecule has 0 aromatic heterocycles. The maximum Gasteiger partial charge on any atom is 0.416 e. The Morgan fingerprint density at radius 2 is 1.27 bits per heavy atom. The highest BCUT2D eigenvalue weighted by Crippen LogP contribution is 2.49. The van der Waals surface area contributed by atoms with Gasteiger partial charge in [-0.15, -0.1) is 0 Å². The summed E-state index contributed by atoms with van der Waals surface area (Å²) < 4.78 is 49.6. The Labute approximate surface area is 172 Å². The fourth-order valence-corrected chi connectivity index (χ4v) is 4.05. The minimum absolute atomic E-state index is 0.0669. The number of fused-ring (bicyclic) bond motifs is 1. The normalized spacial score (nSPS) is 18.2. The minimum Gasteiger partial charge on any atom is -0.497 e. The number of hydrogen-bond donors (Lipinski definition) is 0. The lowest BCUT2D eigenvalue weighted by Gasteiger charge is -2.21. The predicted octanol–water partition coefficient (Wildman–Crippen LogP) is 5.83. The van der Waals surface area contributed by atoms with E-state index < -0.39 is 23.6 Å². The zero-order valence-corrected chi connectivity index (χ0v) is 16.4. The summed E-state index contributed by atoms with van der Waals surface area (Å²) in [5.41, 5.74) is 2.01. The highest BCUT2D eigenvalue weighted by Gasteiger charge is 2.42. The topological polar surface area (TPSA) is 35.5 Å². The molecule has 0 spiro atoms. The van der Waals surface area contributed by atoms with Crippen LogP contribution in [0.5, 0.6) is 11.5 Å². The van der Waals surface area contributed by atoms with E-state index in [1.807, 2.05) is 12.1 Å². The van der Waals surface area contributed by atoms with Gasteiger partial charge in [0.05, 0.1) is 25.7 Å². The fourth-order valence-electron chi connectivity index (χ4n) is 4.05. The minimum atomic E-state index is -4.42. The third kappa shape index (κ3) is 3.43. The molecule has 3 aromatic rings. The van der Waals surface area contributed by atoms with Crippen molar-refractivity contribution in [3.63, 3.8) is 0 Å². The summed E-state index contributed by atoms with van der Waals surface area (Å²) in [6, 6.07) is 17.4. The monoisotopic (exact) mass is 412 g/mol. The van der Waals surface area contributed by atoms with Gasteiger partial charge in [0.25, 0.3) is 0 Å². The van der Waals surface area contributed by atoms with E-state index in [-0.39, 0.29) is 5.78 Å². The average molecular weight is 412 g/mol. The van der Waals surface area contributed by atoms with Crippen molar-refractivity contribution in [1.29, 1.82) is 0 Å². The van der Waals surface area contributed by atoms with Crippen LogP contribution in [-0.2, 0) is 6.18 Å². The van der Waals surface area contributed by atoms with Crippen LogP contribution >= 0.6 is 0 Å². The quantitative estimate of drug-likeness (QED) is 0.541. The van der Waals surface area contributed by atoms with Gasteiger partial charge in [-0.3, -0.25) is 4.79 Å². The molecule has 0 unspecified atom stereocenters. The number of carbonyl (C=O) groups excluding carboxylic acids is 1. The number of alkyl halides is 3. The van der Waals surface area contributed by atoms with Crippen LogP contribution in [0, 0.1) is 0 Å². The predicted molar refractivity (Wildman–Crippen MR) is 106 cm³/mol. The van der Waals surface area contributed by atoms with E-state index in [4.69, 9.17) is 9.47 Å². The number of methoxy groups -OCH3 is 2. The van der Waals surface area contributed by atoms with E-state index in [0.29, 0.717) is 22.6 Å². The van der Waals surface area contributed by atoms with E-state index in [1.54, 1.807) is 37.4 Å². The number of hydrogen-bond acceptors (Lipinski definition) is 3. The van der Waals surface area contributed by atoms with Crippen molar-refractivity contribution in [2.24, 2.45) is 0 Å². The van der Waals surface area contributed by atoms with Gasteiger partial charge in [-0.1, -0.05) is 24.3 Å². The third-order valence-electron chi connectivity index (χ3n) is 5.55. The van der Waals surface area contributed by atoms with Gasteiger partial charge in [-0.2, -0.15) is 13.2 Å². The second-order valence-corrected chi connectivity index (χ2v) is 7.17. The number of halogens is 3. The Balaban J connectivity index is 1.85. The zero-order chi connectivity index (χ0) is 21.5. The SMILES string of the molecule is COc1ccc([C@@H]2C(=O)c3ccc(OC)cc3[C@H]2c2ccc(C(F)(F)F)cc2)cc1. The number of benzene rings is 3. The van der Waals surface area contributed by atoms with E-state index in [2.05, 4.69) is 0 Å². The van der Waals surface area contributed by atoms with Crippen molar-refractivity contribution in [3.05, 3.63) is 94.5 Å². The molecular formula is C24H19F3O3. The van der Waals surface area contributed by atoms with Crippen molar-refractivity contribution in [2.75, 3.05) is 14.2 Å². The summed E-state index contributed by atoms with van der Waals surface area (Å²) in [6.45, 7) is 0. The molecule has 4 rings (SSSR count). The molecule has 3 nitrogen and oxygen atoms in total. The van der Waals surface area contributed by atoms with Gasteiger partial charge in [-0.25, -0.2) is 0 Å². The molecule has 3 aromatic carbocycles. The van der Waals surface area contributed by atoms with Crippen LogP contribution in [0.4, 0.5) is 13.2 Å². The molecule has 0 saturated heterocycles. The van der Waals surface area contributed by atoms with Gasteiger partial charge in [0.2, 0.25) is 0 Å². The number of carbonyl (C=O) groups is 1. The molecule has 1 aliphatic carbocycles. The van der Waals surface area contributed by atoms with Gasteiger partial charge in [0.15, 0.2) is 5.78 Å². The molecule has 154 valence electrons. The molecule has 6 heteroatoms. The van der Waals surface area contributed by atoms with Crippen molar-refractivity contribution in [1.82, 2.24) is 0 Å². The molecule has 0 radical (unpaired) electrons. The molecule has 0 aliphatic heterocycles. The Morgan fingerprint density at radius 1 is 0.733 bits per heavy atom. The molecule has 0 bridgehead atoms. The number of ketones is 1. The molecule has 2 atom stereocenters. The van der Waals surface area contributed by atoms with Crippen molar-refractivity contribution in [2.45, 2.75) is 18.0 Å². The molecule has 0 N–H and O–H groups in total. The molecule has 30 heavy (non-hydrogen) atoms. The van der Waals surface area contributed by atoms with E-state index in [1.165, 1.54) is 19.2 Å². The van der Waals surface area contributed by atoms with E-state index >= 15 is 0 Å². The maximum atomic E-state index is 13.3. The van der Waals surface area contributed by atoms with Crippen LogP contribution in [0.1, 0.15) is 44.4 Å². The molecule has 0 fully saturated rings. The fraction of sp³-hybridized carbons (Fsp3) is 0.208. The standard InChI is InChI=1S/C24H19F3O3/c1-29-17-9-5-15(6-10-17)22-21(14-3-7-16(8-4-14)24(25,26)27)20-13-18(30-2)11-12-19(20)23(22)28/h3-13,21-22H,1-2H3/t21-,22+/m1/s1.